The van der Waals surface area contributed by atoms with Gasteiger partial charge in [-0.05, 0) is 68.0 Å². The summed E-state index contributed by atoms with van der Waals surface area (Å²) in [5.41, 5.74) is 1.52. The molecule has 6 nitrogen and oxygen atoms in total. The van der Waals surface area contributed by atoms with Crippen molar-refractivity contribution in [2.24, 2.45) is 11.8 Å². The summed E-state index contributed by atoms with van der Waals surface area (Å²) in [6, 6.07) is 13.7. The van der Waals surface area contributed by atoms with E-state index in [1.807, 2.05) is 0 Å². The Labute approximate surface area is 206 Å². The van der Waals surface area contributed by atoms with E-state index in [9.17, 15) is 14.4 Å². The summed E-state index contributed by atoms with van der Waals surface area (Å²) in [6.07, 6.45) is 7.85. The SMILES string of the molecule is O=C(Nc1ccc(C(=O)N2CCCC(C(=O)NCC3CCCCC3)C2)cc1)c1ccccc1Cl. The van der Waals surface area contributed by atoms with Crippen LogP contribution in [0.4, 0.5) is 5.69 Å². The van der Waals surface area contributed by atoms with E-state index in [1.165, 1.54) is 32.1 Å². The molecular formula is C27H32ClN3O3. The number of amides is 3. The predicted molar refractivity (Wildman–Crippen MR) is 134 cm³/mol. The highest BCUT2D eigenvalue weighted by Gasteiger charge is 2.29. The van der Waals surface area contributed by atoms with Crippen molar-refractivity contribution in [2.45, 2.75) is 44.9 Å². The number of likely N-dealkylation sites (tertiary alicyclic amines) is 1. The molecule has 1 unspecified atom stereocenters. The molecule has 4 rings (SSSR count). The molecule has 3 amide bonds. The van der Waals surface area contributed by atoms with Crippen LogP contribution in [0.2, 0.25) is 5.02 Å². The zero-order chi connectivity index (χ0) is 23.9. The van der Waals surface area contributed by atoms with Crippen LogP contribution in [0, 0.1) is 11.8 Å². The lowest BCUT2D eigenvalue weighted by atomic mass is 9.89. The van der Waals surface area contributed by atoms with E-state index in [4.69, 9.17) is 11.6 Å². The third-order valence-corrected chi connectivity index (χ3v) is 7.21. The van der Waals surface area contributed by atoms with Crippen molar-refractivity contribution in [1.29, 1.82) is 0 Å². The summed E-state index contributed by atoms with van der Waals surface area (Å²) >= 11 is 6.09. The van der Waals surface area contributed by atoms with E-state index in [-0.39, 0.29) is 23.6 Å². The van der Waals surface area contributed by atoms with Gasteiger partial charge in [-0.3, -0.25) is 14.4 Å². The fourth-order valence-electron chi connectivity index (χ4n) is 4.88. The van der Waals surface area contributed by atoms with Crippen LogP contribution >= 0.6 is 11.6 Å². The number of anilines is 1. The number of benzene rings is 2. The molecule has 34 heavy (non-hydrogen) atoms. The number of carbonyl (C=O) groups excluding carboxylic acids is 3. The van der Waals surface area contributed by atoms with Crippen molar-refractivity contribution < 1.29 is 14.4 Å². The average Bonchev–Trinajstić information content (AvgIpc) is 2.88. The molecule has 1 aliphatic carbocycles. The normalized spacial score (nSPS) is 18.9. The molecule has 1 aliphatic heterocycles. The summed E-state index contributed by atoms with van der Waals surface area (Å²) in [5.74, 6) is 0.115. The molecular weight excluding hydrogens is 450 g/mol. The van der Waals surface area contributed by atoms with Crippen LogP contribution in [-0.2, 0) is 4.79 Å². The summed E-state index contributed by atoms with van der Waals surface area (Å²) in [5, 5.41) is 6.33. The topological polar surface area (TPSA) is 78.5 Å². The third-order valence-electron chi connectivity index (χ3n) is 6.88. The van der Waals surface area contributed by atoms with Crippen LogP contribution < -0.4 is 10.6 Å². The monoisotopic (exact) mass is 481 g/mol. The average molecular weight is 482 g/mol. The molecule has 0 bridgehead atoms. The van der Waals surface area contributed by atoms with Crippen LogP contribution in [-0.4, -0.2) is 42.3 Å². The molecule has 0 aromatic heterocycles. The Kier molecular flexibility index (Phi) is 8.22. The van der Waals surface area contributed by atoms with Crippen molar-refractivity contribution in [3.63, 3.8) is 0 Å². The molecule has 2 aromatic carbocycles. The van der Waals surface area contributed by atoms with E-state index < -0.39 is 0 Å². The quantitative estimate of drug-likeness (QED) is 0.599. The number of carbonyl (C=O) groups is 3. The van der Waals surface area contributed by atoms with Crippen LogP contribution in [0.25, 0.3) is 0 Å². The Morgan fingerprint density at radius 1 is 0.912 bits per heavy atom. The molecule has 1 atom stereocenters. The maximum Gasteiger partial charge on any atom is 0.257 e. The molecule has 0 spiro atoms. The van der Waals surface area contributed by atoms with Gasteiger partial charge in [0.15, 0.2) is 0 Å². The van der Waals surface area contributed by atoms with E-state index in [0.29, 0.717) is 40.8 Å². The van der Waals surface area contributed by atoms with Crippen molar-refractivity contribution in [1.82, 2.24) is 10.2 Å². The second-order valence-electron chi connectivity index (χ2n) is 9.35. The first-order valence-corrected chi connectivity index (χ1v) is 12.6. The highest BCUT2D eigenvalue weighted by Crippen LogP contribution is 2.24. The number of rotatable bonds is 6. The molecule has 2 N–H and O–H groups in total. The van der Waals surface area contributed by atoms with Gasteiger partial charge in [-0.1, -0.05) is 43.0 Å². The lowest BCUT2D eigenvalue weighted by molar-refractivity contribution is -0.126. The van der Waals surface area contributed by atoms with Gasteiger partial charge in [-0.15, -0.1) is 0 Å². The van der Waals surface area contributed by atoms with Gasteiger partial charge in [0.2, 0.25) is 5.91 Å². The number of nitrogens with zero attached hydrogens (tertiary/aromatic N) is 1. The number of piperidine rings is 1. The fourth-order valence-corrected chi connectivity index (χ4v) is 5.10. The van der Waals surface area contributed by atoms with Gasteiger partial charge < -0.3 is 15.5 Å². The fraction of sp³-hybridized carbons (Fsp3) is 0.444. The Balaban J connectivity index is 1.30. The Morgan fingerprint density at radius 2 is 1.65 bits per heavy atom. The van der Waals surface area contributed by atoms with Crippen molar-refractivity contribution in [3.05, 3.63) is 64.7 Å². The first kappa shape index (κ1) is 24.3. The van der Waals surface area contributed by atoms with Crippen LogP contribution in [0.3, 0.4) is 0 Å². The van der Waals surface area contributed by atoms with Crippen molar-refractivity contribution in [2.75, 3.05) is 25.0 Å². The zero-order valence-corrected chi connectivity index (χ0v) is 20.2. The Morgan fingerprint density at radius 3 is 2.38 bits per heavy atom. The molecule has 1 heterocycles. The summed E-state index contributed by atoms with van der Waals surface area (Å²) < 4.78 is 0. The number of halogens is 1. The minimum absolute atomic E-state index is 0.0701. The molecule has 180 valence electrons. The van der Waals surface area contributed by atoms with Gasteiger partial charge in [0, 0.05) is 30.9 Å². The van der Waals surface area contributed by atoms with Crippen LogP contribution in [0.1, 0.15) is 65.7 Å². The summed E-state index contributed by atoms with van der Waals surface area (Å²) in [4.78, 5) is 40.0. The van der Waals surface area contributed by atoms with E-state index in [1.54, 1.807) is 53.4 Å². The zero-order valence-electron chi connectivity index (χ0n) is 19.4. The minimum Gasteiger partial charge on any atom is -0.356 e. The van der Waals surface area contributed by atoms with E-state index >= 15 is 0 Å². The molecule has 0 radical (unpaired) electrons. The van der Waals surface area contributed by atoms with E-state index in [0.717, 1.165) is 19.4 Å². The summed E-state index contributed by atoms with van der Waals surface area (Å²) in [6.45, 7) is 1.85. The summed E-state index contributed by atoms with van der Waals surface area (Å²) in [7, 11) is 0. The van der Waals surface area contributed by atoms with Gasteiger partial charge in [-0.2, -0.15) is 0 Å². The number of hydrogen-bond donors (Lipinski definition) is 2. The lowest BCUT2D eigenvalue weighted by Crippen LogP contribution is -2.46. The first-order chi connectivity index (χ1) is 16.5. The Bertz CT molecular complexity index is 1020. The van der Waals surface area contributed by atoms with Gasteiger partial charge in [-0.25, -0.2) is 0 Å². The van der Waals surface area contributed by atoms with E-state index in [2.05, 4.69) is 10.6 Å². The molecule has 2 aromatic rings. The standard InChI is InChI=1S/C27H32ClN3O3/c28-24-11-5-4-10-23(24)26(33)30-22-14-12-20(13-15-22)27(34)31-16-6-9-21(18-31)25(32)29-17-19-7-2-1-3-8-19/h4-5,10-15,19,21H,1-3,6-9,16-18H2,(H,29,32)(H,30,33). The van der Waals surface area contributed by atoms with Crippen LogP contribution in [0.15, 0.2) is 48.5 Å². The third kappa shape index (κ3) is 6.17. The molecule has 1 saturated heterocycles. The second-order valence-corrected chi connectivity index (χ2v) is 9.76. The van der Waals surface area contributed by atoms with Gasteiger partial charge in [0.05, 0.1) is 16.5 Å². The minimum atomic E-state index is -0.303. The number of nitrogens with one attached hydrogen (secondary N) is 2. The first-order valence-electron chi connectivity index (χ1n) is 12.2. The molecule has 2 fully saturated rings. The largest absolute Gasteiger partial charge is 0.356 e. The highest BCUT2D eigenvalue weighted by atomic mass is 35.5. The highest BCUT2D eigenvalue weighted by molar-refractivity contribution is 6.34. The predicted octanol–water partition coefficient (Wildman–Crippen LogP) is 5.14. The van der Waals surface area contributed by atoms with Crippen LogP contribution in [0.5, 0.6) is 0 Å². The molecule has 1 saturated carbocycles. The molecule has 2 aliphatic rings. The van der Waals surface area contributed by atoms with Crippen molar-refractivity contribution in [3.8, 4) is 0 Å². The smallest absolute Gasteiger partial charge is 0.257 e. The Hall–Kier alpha value is -2.86. The maximum atomic E-state index is 13.1. The number of hydrogen-bond acceptors (Lipinski definition) is 3. The molecule has 7 heteroatoms. The van der Waals surface area contributed by atoms with Gasteiger partial charge in [0.1, 0.15) is 0 Å². The van der Waals surface area contributed by atoms with Crippen molar-refractivity contribution >= 4 is 35.0 Å². The second kappa shape index (κ2) is 11.5. The van der Waals surface area contributed by atoms with Gasteiger partial charge >= 0.3 is 0 Å². The maximum absolute atomic E-state index is 13.1. The lowest BCUT2D eigenvalue weighted by Gasteiger charge is -2.32. The van der Waals surface area contributed by atoms with Gasteiger partial charge in [0.25, 0.3) is 11.8 Å².